The highest BCUT2D eigenvalue weighted by atomic mass is 16.3. The number of rotatable bonds is 5. The van der Waals surface area contributed by atoms with Crippen LogP contribution in [0.2, 0.25) is 0 Å². The van der Waals surface area contributed by atoms with E-state index in [9.17, 15) is 5.11 Å². The Morgan fingerprint density at radius 1 is 1.29 bits per heavy atom. The number of hydrogen-bond acceptors (Lipinski definition) is 3. The minimum atomic E-state index is -0.449. The van der Waals surface area contributed by atoms with Gasteiger partial charge in [-0.1, -0.05) is 0 Å². The maximum atomic E-state index is 10.0. The molecule has 17 heavy (non-hydrogen) atoms. The second-order valence-electron chi connectivity index (χ2n) is 4.21. The van der Waals surface area contributed by atoms with Crippen LogP contribution in [0, 0.1) is 0 Å². The van der Waals surface area contributed by atoms with Gasteiger partial charge in [0.15, 0.2) is 0 Å². The zero-order valence-electron chi connectivity index (χ0n) is 10.2. The Morgan fingerprint density at radius 3 is 2.71 bits per heavy atom. The van der Waals surface area contributed by atoms with Crippen LogP contribution in [0.15, 0.2) is 24.8 Å². The van der Waals surface area contributed by atoms with Gasteiger partial charge in [-0.3, -0.25) is 9.36 Å². The molecule has 0 aliphatic rings. The SMILES string of the molecule is CCn1cc(C(O)CCc2cnn(C)c2)cn1. The van der Waals surface area contributed by atoms with Crippen molar-refractivity contribution in [2.45, 2.75) is 32.4 Å². The monoisotopic (exact) mass is 234 g/mol. The van der Waals surface area contributed by atoms with Crippen LogP contribution in [0.1, 0.15) is 30.6 Å². The van der Waals surface area contributed by atoms with Gasteiger partial charge in [0, 0.05) is 31.5 Å². The van der Waals surface area contributed by atoms with E-state index in [1.807, 2.05) is 37.2 Å². The number of hydrogen-bond donors (Lipinski definition) is 1. The number of aliphatic hydroxyl groups excluding tert-OH is 1. The van der Waals surface area contributed by atoms with Crippen LogP contribution in [-0.2, 0) is 20.0 Å². The third-order valence-corrected chi connectivity index (χ3v) is 2.83. The Labute approximate surface area is 101 Å². The normalized spacial score (nSPS) is 12.9. The fourth-order valence-electron chi connectivity index (χ4n) is 1.80. The van der Waals surface area contributed by atoms with Crippen LogP contribution in [0.3, 0.4) is 0 Å². The van der Waals surface area contributed by atoms with Crippen molar-refractivity contribution in [2.75, 3.05) is 0 Å². The Hall–Kier alpha value is -1.62. The van der Waals surface area contributed by atoms with Gasteiger partial charge >= 0.3 is 0 Å². The summed E-state index contributed by atoms with van der Waals surface area (Å²) in [5.41, 5.74) is 2.03. The third kappa shape index (κ3) is 2.94. The molecule has 1 unspecified atom stereocenters. The predicted octanol–water partition coefficient (Wildman–Crippen LogP) is 1.30. The molecule has 0 aromatic carbocycles. The van der Waals surface area contributed by atoms with Gasteiger partial charge in [-0.2, -0.15) is 10.2 Å². The van der Waals surface area contributed by atoms with Crippen molar-refractivity contribution < 1.29 is 5.11 Å². The summed E-state index contributed by atoms with van der Waals surface area (Å²) in [6.07, 6.45) is 8.51. The third-order valence-electron chi connectivity index (χ3n) is 2.83. The van der Waals surface area contributed by atoms with Crippen molar-refractivity contribution in [2.24, 2.45) is 7.05 Å². The molecule has 0 saturated heterocycles. The minimum Gasteiger partial charge on any atom is -0.388 e. The van der Waals surface area contributed by atoms with Crippen molar-refractivity contribution in [1.29, 1.82) is 0 Å². The Kier molecular flexibility index (Phi) is 3.58. The first-order chi connectivity index (χ1) is 8.19. The Balaban J connectivity index is 1.90. The fourth-order valence-corrected chi connectivity index (χ4v) is 1.80. The van der Waals surface area contributed by atoms with E-state index in [2.05, 4.69) is 10.2 Å². The van der Waals surface area contributed by atoms with Gasteiger partial charge in [0.2, 0.25) is 0 Å². The number of aryl methyl sites for hydroxylation is 3. The molecule has 0 spiro atoms. The quantitative estimate of drug-likeness (QED) is 0.848. The molecule has 0 amide bonds. The summed E-state index contributed by atoms with van der Waals surface area (Å²) < 4.78 is 3.60. The van der Waals surface area contributed by atoms with Crippen LogP contribution in [0.25, 0.3) is 0 Å². The zero-order valence-corrected chi connectivity index (χ0v) is 10.2. The lowest BCUT2D eigenvalue weighted by atomic mass is 10.1. The van der Waals surface area contributed by atoms with Crippen molar-refractivity contribution in [3.05, 3.63) is 35.9 Å². The highest BCUT2D eigenvalue weighted by Gasteiger charge is 2.10. The molecule has 5 heteroatoms. The maximum absolute atomic E-state index is 10.0. The summed E-state index contributed by atoms with van der Waals surface area (Å²) >= 11 is 0. The molecule has 2 heterocycles. The number of aromatic nitrogens is 4. The summed E-state index contributed by atoms with van der Waals surface area (Å²) in [6.45, 7) is 2.86. The second-order valence-corrected chi connectivity index (χ2v) is 4.21. The van der Waals surface area contributed by atoms with E-state index in [1.165, 1.54) is 0 Å². The van der Waals surface area contributed by atoms with Crippen molar-refractivity contribution in [3.8, 4) is 0 Å². The molecule has 2 aromatic rings. The molecule has 92 valence electrons. The lowest BCUT2D eigenvalue weighted by molar-refractivity contribution is 0.167. The average Bonchev–Trinajstić information content (AvgIpc) is 2.94. The van der Waals surface area contributed by atoms with E-state index in [-0.39, 0.29) is 0 Å². The highest BCUT2D eigenvalue weighted by Crippen LogP contribution is 2.18. The van der Waals surface area contributed by atoms with Gasteiger partial charge in [-0.25, -0.2) is 0 Å². The molecule has 0 saturated carbocycles. The van der Waals surface area contributed by atoms with Gasteiger partial charge in [0.25, 0.3) is 0 Å². The number of nitrogens with zero attached hydrogens (tertiary/aromatic N) is 4. The van der Waals surface area contributed by atoms with Crippen molar-refractivity contribution in [3.63, 3.8) is 0 Å². The summed E-state index contributed by atoms with van der Waals surface area (Å²) in [6, 6.07) is 0. The van der Waals surface area contributed by atoms with Gasteiger partial charge in [0.1, 0.15) is 0 Å². The zero-order chi connectivity index (χ0) is 12.3. The average molecular weight is 234 g/mol. The van der Waals surface area contributed by atoms with E-state index in [0.717, 1.165) is 24.1 Å². The molecule has 2 rings (SSSR count). The first-order valence-corrected chi connectivity index (χ1v) is 5.87. The first-order valence-electron chi connectivity index (χ1n) is 5.87. The molecule has 2 aromatic heterocycles. The van der Waals surface area contributed by atoms with Crippen LogP contribution in [0.4, 0.5) is 0 Å². The minimum absolute atomic E-state index is 0.449. The molecular weight excluding hydrogens is 216 g/mol. The molecule has 0 aliphatic carbocycles. The second kappa shape index (κ2) is 5.14. The largest absolute Gasteiger partial charge is 0.388 e. The fraction of sp³-hybridized carbons (Fsp3) is 0.500. The van der Waals surface area contributed by atoms with Gasteiger partial charge < -0.3 is 5.11 Å². The topological polar surface area (TPSA) is 55.9 Å². The molecule has 0 fully saturated rings. The van der Waals surface area contributed by atoms with Crippen LogP contribution >= 0.6 is 0 Å². The summed E-state index contributed by atoms with van der Waals surface area (Å²) in [5, 5.41) is 18.3. The summed E-state index contributed by atoms with van der Waals surface area (Å²) in [4.78, 5) is 0. The molecule has 0 radical (unpaired) electrons. The standard InChI is InChI=1S/C12H18N4O/c1-3-16-9-11(7-14-16)12(17)5-4-10-6-13-15(2)8-10/h6-9,12,17H,3-5H2,1-2H3. The van der Waals surface area contributed by atoms with E-state index in [4.69, 9.17) is 0 Å². The molecule has 1 N–H and O–H groups in total. The Bertz CT molecular complexity index is 474. The maximum Gasteiger partial charge on any atom is 0.0823 e. The smallest absolute Gasteiger partial charge is 0.0823 e. The van der Waals surface area contributed by atoms with Crippen molar-refractivity contribution in [1.82, 2.24) is 19.6 Å². The van der Waals surface area contributed by atoms with E-state index in [0.29, 0.717) is 6.42 Å². The summed E-state index contributed by atoms with van der Waals surface area (Å²) in [5.74, 6) is 0. The Morgan fingerprint density at radius 2 is 2.12 bits per heavy atom. The summed E-state index contributed by atoms with van der Waals surface area (Å²) in [7, 11) is 1.89. The molecule has 1 atom stereocenters. The molecule has 5 nitrogen and oxygen atoms in total. The number of aliphatic hydroxyl groups is 1. The van der Waals surface area contributed by atoms with Gasteiger partial charge in [-0.05, 0) is 25.3 Å². The van der Waals surface area contributed by atoms with Gasteiger partial charge in [-0.15, -0.1) is 0 Å². The van der Waals surface area contributed by atoms with Crippen molar-refractivity contribution >= 4 is 0 Å². The molecular formula is C12H18N4O. The first kappa shape index (κ1) is 11.9. The van der Waals surface area contributed by atoms with E-state index >= 15 is 0 Å². The van der Waals surface area contributed by atoms with Crippen LogP contribution < -0.4 is 0 Å². The predicted molar refractivity (Wildman–Crippen MR) is 64.4 cm³/mol. The lowest BCUT2D eigenvalue weighted by Gasteiger charge is -2.06. The van der Waals surface area contributed by atoms with E-state index in [1.54, 1.807) is 10.9 Å². The van der Waals surface area contributed by atoms with Crippen LogP contribution in [0.5, 0.6) is 0 Å². The highest BCUT2D eigenvalue weighted by molar-refractivity contribution is 5.10. The van der Waals surface area contributed by atoms with E-state index < -0.39 is 6.10 Å². The van der Waals surface area contributed by atoms with Crippen LogP contribution in [-0.4, -0.2) is 24.7 Å². The lowest BCUT2D eigenvalue weighted by Crippen LogP contribution is -1.98. The van der Waals surface area contributed by atoms with Gasteiger partial charge in [0.05, 0.1) is 18.5 Å². The molecule has 0 aliphatic heterocycles. The molecule has 0 bridgehead atoms.